The molecule has 2 saturated carbocycles. The highest BCUT2D eigenvalue weighted by atomic mass is 14.9. The van der Waals surface area contributed by atoms with Gasteiger partial charge in [-0.3, -0.25) is 0 Å². The summed E-state index contributed by atoms with van der Waals surface area (Å²) in [5.41, 5.74) is 24.8. The summed E-state index contributed by atoms with van der Waals surface area (Å²) in [6.45, 7) is 0. The third-order valence-electron chi connectivity index (χ3n) is 15.9. The first-order chi connectivity index (χ1) is 32.6. The summed E-state index contributed by atoms with van der Waals surface area (Å²) in [5, 5.41) is 0. The summed E-state index contributed by atoms with van der Waals surface area (Å²) in [6, 6.07) is 72.1. The average Bonchev–Trinajstić information content (AvgIpc) is 3.81. The van der Waals surface area contributed by atoms with E-state index in [0.29, 0.717) is 0 Å². The molecule has 66 heavy (non-hydrogen) atoms. The van der Waals surface area contributed by atoms with Crippen molar-refractivity contribution in [3.8, 4) is 89.5 Å². The lowest BCUT2D eigenvalue weighted by atomic mass is 9.66. The van der Waals surface area contributed by atoms with Crippen molar-refractivity contribution in [2.24, 2.45) is 0 Å². The Morgan fingerprint density at radius 1 is 0.273 bits per heavy atom. The molecule has 0 radical (unpaired) electrons. The molecule has 4 aliphatic carbocycles. The van der Waals surface area contributed by atoms with Crippen LogP contribution in [-0.2, 0) is 10.8 Å². The largest absolute Gasteiger partial charge is 0.228 e. The van der Waals surface area contributed by atoms with E-state index in [1.165, 1.54) is 120 Å². The summed E-state index contributed by atoms with van der Waals surface area (Å²) in [7, 11) is 0. The van der Waals surface area contributed by atoms with E-state index in [0.717, 1.165) is 33.9 Å². The molecule has 0 N–H and O–H groups in total. The maximum absolute atomic E-state index is 5.22. The van der Waals surface area contributed by atoms with Gasteiger partial charge < -0.3 is 0 Å². The van der Waals surface area contributed by atoms with E-state index < -0.39 is 0 Å². The summed E-state index contributed by atoms with van der Waals surface area (Å²) in [5.74, 6) is 0.723. The number of nitrogens with zero attached hydrogens (tertiary/aromatic N) is 2. The second-order valence-corrected chi connectivity index (χ2v) is 19.4. The molecule has 2 fully saturated rings. The minimum Gasteiger partial charge on any atom is -0.228 e. The van der Waals surface area contributed by atoms with Gasteiger partial charge in [-0.15, -0.1) is 0 Å². The molecule has 1 heterocycles. The van der Waals surface area contributed by atoms with Crippen molar-refractivity contribution < 1.29 is 0 Å². The third kappa shape index (κ3) is 6.29. The van der Waals surface area contributed by atoms with Gasteiger partial charge in [0.1, 0.15) is 0 Å². The number of fused-ring (bicyclic) bond motifs is 10. The Morgan fingerprint density at radius 3 is 1.45 bits per heavy atom. The monoisotopic (exact) mass is 848 g/mol. The molecule has 0 bridgehead atoms. The molecule has 9 aromatic rings. The molecule has 0 atom stereocenters. The predicted molar refractivity (Wildman–Crippen MR) is 273 cm³/mol. The smallest absolute Gasteiger partial charge is 0.160 e. The van der Waals surface area contributed by atoms with Crippen molar-refractivity contribution in [2.45, 2.75) is 75.0 Å². The van der Waals surface area contributed by atoms with E-state index in [4.69, 9.17) is 9.97 Å². The molecule has 0 amide bonds. The van der Waals surface area contributed by atoms with Crippen LogP contribution in [0.3, 0.4) is 0 Å². The molecule has 2 heteroatoms. The summed E-state index contributed by atoms with van der Waals surface area (Å²) >= 11 is 0. The lowest BCUT2D eigenvalue weighted by molar-refractivity contribution is 0.350. The van der Waals surface area contributed by atoms with Gasteiger partial charge in [-0.05, 0) is 134 Å². The fourth-order valence-electron chi connectivity index (χ4n) is 12.8. The molecule has 8 aromatic carbocycles. The van der Waals surface area contributed by atoms with Crippen LogP contribution in [0.15, 0.2) is 194 Å². The van der Waals surface area contributed by atoms with E-state index >= 15 is 0 Å². The van der Waals surface area contributed by atoms with Crippen molar-refractivity contribution in [1.29, 1.82) is 0 Å². The fourth-order valence-corrected chi connectivity index (χ4v) is 12.8. The van der Waals surface area contributed by atoms with E-state index in [2.05, 4.69) is 188 Å². The van der Waals surface area contributed by atoms with E-state index in [1.807, 2.05) is 6.07 Å². The Morgan fingerprint density at radius 2 is 0.742 bits per heavy atom. The van der Waals surface area contributed by atoms with Crippen LogP contribution in [0.1, 0.15) is 86.5 Å². The van der Waals surface area contributed by atoms with Crippen LogP contribution in [0.25, 0.3) is 89.5 Å². The fraction of sp³-hybridized carbons (Fsp3) is 0.188. The first kappa shape index (κ1) is 39.2. The molecular formula is C64H52N2. The van der Waals surface area contributed by atoms with Crippen molar-refractivity contribution >= 4 is 0 Å². The minimum atomic E-state index is 0.0656. The van der Waals surface area contributed by atoms with Gasteiger partial charge in [0.05, 0.1) is 11.4 Å². The number of benzene rings is 8. The zero-order valence-electron chi connectivity index (χ0n) is 37.4. The lowest BCUT2D eigenvalue weighted by Crippen LogP contribution is -2.29. The van der Waals surface area contributed by atoms with E-state index in [1.54, 1.807) is 22.3 Å². The van der Waals surface area contributed by atoms with E-state index in [-0.39, 0.29) is 10.8 Å². The minimum absolute atomic E-state index is 0.0656. The van der Waals surface area contributed by atoms with Gasteiger partial charge in [0.15, 0.2) is 5.82 Å². The predicted octanol–water partition coefficient (Wildman–Crippen LogP) is 16.9. The second-order valence-electron chi connectivity index (χ2n) is 19.4. The molecular weight excluding hydrogens is 797 g/mol. The number of rotatable bonds is 6. The van der Waals surface area contributed by atoms with Gasteiger partial charge in [-0.25, -0.2) is 9.97 Å². The molecule has 0 aliphatic heterocycles. The number of hydrogen-bond acceptors (Lipinski definition) is 2. The van der Waals surface area contributed by atoms with Crippen LogP contribution < -0.4 is 0 Å². The van der Waals surface area contributed by atoms with Gasteiger partial charge in [0.2, 0.25) is 0 Å². The second kappa shape index (κ2) is 15.8. The topological polar surface area (TPSA) is 25.8 Å². The van der Waals surface area contributed by atoms with Crippen molar-refractivity contribution in [3.63, 3.8) is 0 Å². The van der Waals surface area contributed by atoms with Gasteiger partial charge in [0, 0.05) is 27.5 Å². The summed E-state index contributed by atoms with van der Waals surface area (Å²) in [4.78, 5) is 10.4. The Kier molecular flexibility index (Phi) is 9.38. The molecule has 0 unspecified atom stereocenters. The van der Waals surface area contributed by atoms with Crippen molar-refractivity contribution in [1.82, 2.24) is 9.97 Å². The highest BCUT2D eigenvalue weighted by molar-refractivity contribution is 5.97. The Hall–Kier alpha value is -7.16. The first-order valence-electron chi connectivity index (χ1n) is 24.4. The molecule has 318 valence electrons. The van der Waals surface area contributed by atoms with Crippen LogP contribution in [0.4, 0.5) is 0 Å². The van der Waals surface area contributed by atoms with Crippen LogP contribution in [-0.4, -0.2) is 9.97 Å². The maximum atomic E-state index is 5.22. The Balaban J connectivity index is 0.911. The van der Waals surface area contributed by atoms with Gasteiger partial charge in [-0.1, -0.05) is 202 Å². The maximum Gasteiger partial charge on any atom is 0.160 e. The quantitative estimate of drug-likeness (QED) is 0.167. The SMILES string of the molecule is c1ccc(-c2ccc(-c3cc(-c4cccc(-c5cccc(-c6cccc7c6-c6cc8c(cc6C76CCCCC6)-c6ccccc6C86CCCCC6)c5)c4)nc(-c4ccccc4)n3)cc2)cc1. The Bertz CT molecular complexity index is 3300. The highest BCUT2D eigenvalue weighted by Gasteiger charge is 2.49. The van der Waals surface area contributed by atoms with Gasteiger partial charge in [-0.2, -0.15) is 0 Å². The Labute approximate surface area is 389 Å². The number of hydrogen-bond donors (Lipinski definition) is 0. The lowest BCUT2D eigenvalue weighted by Gasteiger charge is -2.37. The first-order valence-corrected chi connectivity index (χ1v) is 24.4. The molecule has 0 saturated heterocycles. The normalized spacial score (nSPS) is 16.1. The van der Waals surface area contributed by atoms with Gasteiger partial charge in [0.25, 0.3) is 0 Å². The summed E-state index contributed by atoms with van der Waals surface area (Å²) in [6.07, 6.45) is 12.8. The third-order valence-corrected chi connectivity index (χ3v) is 15.9. The average molecular weight is 849 g/mol. The molecule has 13 rings (SSSR count). The van der Waals surface area contributed by atoms with Crippen LogP contribution in [0.5, 0.6) is 0 Å². The van der Waals surface area contributed by atoms with Crippen LogP contribution in [0, 0.1) is 0 Å². The van der Waals surface area contributed by atoms with Gasteiger partial charge >= 0.3 is 0 Å². The zero-order valence-corrected chi connectivity index (χ0v) is 37.4. The number of aromatic nitrogens is 2. The molecule has 2 nitrogen and oxygen atoms in total. The molecule has 4 aliphatic rings. The zero-order chi connectivity index (χ0) is 43.7. The standard InChI is InChI=1S/C64H52N2/c1-5-18-43(19-6-1)44-30-32-45(33-31-44)59-42-60(66-62(65-59)46-20-7-2-8-21-46)50-25-16-23-48(39-50)47-22-15-24-49(38-47)51-27-17-29-56-61(51)54-41-57-53(40-58(54)64(56)36-13-4-14-37-64)52-26-9-10-28-55(52)63(57)34-11-3-12-35-63/h1-2,5-10,15-33,38-42H,3-4,11-14,34-37H2. The molecule has 2 spiro atoms. The van der Waals surface area contributed by atoms with Crippen LogP contribution >= 0.6 is 0 Å². The van der Waals surface area contributed by atoms with Crippen LogP contribution in [0.2, 0.25) is 0 Å². The highest BCUT2D eigenvalue weighted by Crippen LogP contribution is 2.63. The summed E-state index contributed by atoms with van der Waals surface area (Å²) < 4.78 is 0. The van der Waals surface area contributed by atoms with E-state index in [9.17, 15) is 0 Å². The van der Waals surface area contributed by atoms with Crippen molar-refractivity contribution in [3.05, 3.63) is 216 Å². The molecule has 1 aromatic heterocycles. The van der Waals surface area contributed by atoms with Crippen molar-refractivity contribution in [2.75, 3.05) is 0 Å².